The van der Waals surface area contributed by atoms with Crippen molar-refractivity contribution >= 4 is 27.4 Å². The van der Waals surface area contributed by atoms with Crippen molar-refractivity contribution in [1.29, 1.82) is 0 Å². The summed E-state index contributed by atoms with van der Waals surface area (Å²) < 4.78 is 0. The van der Waals surface area contributed by atoms with E-state index in [4.69, 9.17) is 0 Å². The summed E-state index contributed by atoms with van der Waals surface area (Å²) in [7, 11) is 0. The number of aromatic nitrogens is 2. The van der Waals surface area contributed by atoms with Gasteiger partial charge in [-0.25, -0.2) is 9.97 Å². The summed E-state index contributed by atoms with van der Waals surface area (Å²) in [5, 5.41) is 6.79. The Hall–Kier alpha value is -0.876. The summed E-state index contributed by atoms with van der Waals surface area (Å²) in [6.45, 7) is 8.18. The minimum absolute atomic E-state index is 0. The van der Waals surface area contributed by atoms with Gasteiger partial charge in [0.1, 0.15) is 17.0 Å². The van der Waals surface area contributed by atoms with Gasteiger partial charge in [0, 0.05) is 64.3 Å². The number of aryl methyl sites for hydroxylation is 2. The summed E-state index contributed by atoms with van der Waals surface area (Å²) in [6.07, 6.45) is 1.69. The number of rotatable bonds is 2. The molecule has 0 bridgehead atoms. The molecule has 1 aliphatic heterocycles. The molecule has 1 N–H and O–H groups in total. The van der Waals surface area contributed by atoms with Crippen molar-refractivity contribution in [3.63, 3.8) is 0 Å². The van der Waals surface area contributed by atoms with Crippen molar-refractivity contribution in [2.24, 2.45) is 0 Å². The van der Waals surface area contributed by atoms with Gasteiger partial charge in [0.2, 0.25) is 0 Å². The Morgan fingerprint density at radius 1 is 1.12 bits per heavy atom. The van der Waals surface area contributed by atoms with Crippen molar-refractivity contribution in [2.75, 3.05) is 31.1 Å². The molecular formula is C18H19N4SY-. The van der Waals surface area contributed by atoms with Gasteiger partial charge in [-0.05, 0) is 10.9 Å². The quantitative estimate of drug-likeness (QED) is 0.657. The summed E-state index contributed by atoms with van der Waals surface area (Å²) in [5.41, 5.74) is 4.81. The molecule has 0 unspecified atom stereocenters. The Bertz CT molecular complexity index is 855. The van der Waals surface area contributed by atoms with Gasteiger partial charge in [-0.1, -0.05) is 13.8 Å². The third-order valence-corrected chi connectivity index (χ3v) is 5.23. The smallest absolute Gasteiger partial charge is 0.140 e. The van der Waals surface area contributed by atoms with E-state index < -0.39 is 0 Å². The van der Waals surface area contributed by atoms with E-state index >= 15 is 0 Å². The van der Waals surface area contributed by atoms with Gasteiger partial charge < -0.3 is 10.2 Å². The van der Waals surface area contributed by atoms with Crippen LogP contribution in [0.15, 0.2) is 23.8 Å². The molecular weight excluding hydrogens is 393 g/mol. The molecule has 1 saturated heterocycles. The summed E-state index contributed by atoms with van der Waals surface area (Å²) in [5.74, 6) is 1.06. The number of anilines is 1. The minimum Gasteiger partial charge on any atom is -0.353 e. The first kappa shape index (κ1) is 17.9. The number of hydrogen-bond donors (Lipinski definition) is 1. The number of nitrogens with one attached hydrogen (secondary N) is 1. The Labute approximate surface area is 171 Å². The Kier molecular flexibility index (Phi) is 5.65. The van der Waals surface area contributed by atoms with E-state index in [1.165, 1.54) is 27.6 Å². The molecule has 0 aliphatic carbocycles. The number of hydrogen-bond acceptors (Lipinski definition) is 5. The molecule has 6 heteroatoms. The summed E-state index contributed by atoms with van der Waals surface area (Å²) in [4.78, 5) is 12.5. The average Bonchev–Trinajstić information content (AvgIpc) is 3.00. The van der Waals surface area contributed by atoms with E-state index in [9.17, 15) is 0 Å². The molecule has 3 heterocycles. The van der Waals surface area contributed by atoms with Crippen LogP contribution in [-0.4, -0.2) is 36.1 Å². The first-order chi connectivity index (χ1) is 11.2. The Morgan fingerprint density at radius 2 is 1.92 bits per heavy atom. The molecule has 24 heavy (non-hydrogen) atoms. The van der Waals surface area contributed by atoms with E-state index in [2.05, 4.69) is 57.6 Å². The number of piperazine rings is 1. The second-order valence-electron chi connectivity index (χ2n) is 5.94. The van der Waals surface area contributed by atoms with Crippen LogP contribution in [0.3, 0.4) is 0 Å². The van der Waals surface area contributed by atoms with E-state index in [-0.39, 0.29) is 32.7 Å². The monoisotopic (exact) mass is 412 g/mol. The molecule has 1 aliphatic rings. The fraction of sp³-hybridized carbons (Fsp3) is 0.333. The fourth-order valence-corrected chi connectivity index (χ4v) is 4.11. The second-order valence-corrected chi connectivity index (χ2v) is 6.80. The molecule has 0 amide bonds. The molecule has 0 spiro atoms. The van der Waals surface area contributed by atoms with Crippen LogP contribution in [0.2, 0.25) is 0 Å². The van der Waals surface area contributed by atoms with Crippen LogP contribution >= 0.6 is 11.3 Å². The number of thiophene rings is 1. The maximum Gasteiger partial charge on any atom is 0.140 e. The molecule has 0 saturated carbocycles. The molecule has 3 aromatic rings. The molecule has 121 valence electrons. The van der Waals surface area contributed by atoms with Crippen molar-refractivity contribution in [3.8, 4) is 11.1 Å². The van der Waals surface area contributed by atoms with E-state index in [0.717, 1.165) is 36.8 Å². The zero-order chi connectivity index (χ0) is 15.8. The van der Waals surface area contributed by atoms with Crippen LogP contribution in [-0.2, 0) is 32.7 Å². The third-order valence-electron chi connectivity index (χ3n) is 4.35. The van der Waals surface area contributed by atoms with Gasteiger partial charge in [-0.2, -0.15) is 29.3 Å². The van der Waals surface area contributed by atoms with Gasteiger partial charge in [-0.15, -0.1) is 16.9 Å². The fourth-order valence-electron chi connectivity index (χ4n) is 3.20. The van der Waals surface area contributed by atoms with Crippen molar-refractivity contribution in [3.05, 3.63) is 41.0 Å². The Morgan fingerprint density at radius 3 is 2.67 bits per heavy atom. The first-order valence-corrected chi connectivity index (χ1v) is 8.80. The zero-order valence-corrected chi connectivity index (χ0v) is 17.6. The predicted molar refractivity (Wildman–Crippen MR) is 96.2 cm³/mol. The van der Waals surface area contributed by atoms with Gasteiger partial charge in [0.05, 0.1) is 0 Å². The summed E-state index contributed by atoms with van der Waals surface area (Å²) >= 11 is 1.69. The topological polar surface area (TPSA) is 41.1 Å². The molecule has 0 atom stereocenters. The largest absolute Gasteiger partial charge is 0.353 e. The van der Waals surface area contributed by atoms with Crippen LogP contribution in [0.25, 0.3) is 21.3 Å². The average molecular weight is 412 g/mol. The van der Waals surface area contributed by atoms with E-state index in [1.54, 1.807) is 17.7 Å². The van der Waals surface area contributed by atoms with Crippen LogP contribution < -0.4 is 10.2 Å². The number of benzene rings is 1. The minimum atomic E-state index is 0. The molecule has 1 radical (unpaired) electrons. The maximum atomic E-state index is 4.62. The zero-order valence-electron chi connectivity index (χ0n) is 14.0. The SMILES string of the molecule is Cc1[c-]c(C)c(-c2csc3ncnc(N4CCNCC4)c23)cc1.[Y]. The molecule has 4 rings (SSSR count). The van der Waals surface area contributed by atoms with Crippen LogP contribution in [0.4, 0.5) is 5.82 Å². The third kappa shape index (κ3) is 3.27. The molecule has 1 aromatic carbocycles. The van der Waals surface area contributed by atoms with Crippen molar-refractivity contribution in [1.82, 2.24) is 15.3 Å². The predicted octanol–water partition coefficient (Wildman–Crippen LogP) is 3.18. The molecule has 4 nitrogen and oxygen atoms in total. The standard InChI is InChI=1S/C18H19N4S.Y/c1-12-3-4-14(13(2)9-12)15-10-23-18-16(15)17(20-11-21-18)22-7-5-19-6-8-22;/h3-4,10-11,19H,5-8H2,1-2H3;/q-1;. The van der Waals surface area contributed by atoms with E-state index in [0.29, 0.717) is 0 Å². The van der Waals surface area contributed by atoms with Crippen molar-refractivity contribution < 1.29 is 32.7 Å². The van der Waals surface area contributed by atoms with Crippen LogP contribution in [0.5, 0.6) is 0 Å². The maximum absolute atomic E-state index is 4.62. The van der Waals surface area contributed by atoms with Crippen LogP contribution in [0, 0.1) is 19.9 Å². The molecule has 1 fully saturated rings. The summed E-state index contributed by atoms with van der Waals surface area (Å²) in [6, 6.07) is 7.75. The van der Waals surface area contributed by atoms with E-state index in [1.807, 2.05) is 0 Å². The second kappa shape index (κ2) is 7.57. The first-order valence-electron chi connectivity index (χ1n) is 7.92. The van der Waals surface area contributed by atoms with Gasteiger partial charge >= 0.3 is 0 Å². The Balaban J connectivity index is 0.00000169. The normalized spacial score (nSPS) is 14.7. The van der Waals surface area contributed by atoms with Crippen LogP contribution in [0.1, 0.15) is 11.1 Å². The number of fused-ring (bicyclic) bond motifs is 1. The van der Waals surface area contributed by atoms with Gasteiger partial charge in [0.25, 0.3) is 0 Å². The van der Waals surface area contributed by atoms with Gasteiger partial charge in [0.15, 0.2) is 0 Å². The molecule has 2 aromatic heterocycles. The van der Waals surface area contributed by atoms with Gasteiger partial charge in [-0.3, -0.25) is 0 Å². The number of nitrogens with zero attached hydrogens (tertiary/aromatic N) is 3. The van der Waals surface area contributed by atoms with Crippen molar-refractivity contribution in [2.45, 2.75) is 13.8 Å².